The van der Waals surface area contributed by atoms with Gasteiger partial charge in [0.05, 0.1) is 27.5 Å². The fourth-order valence-corrected chi connectivity index (χ4v) is 4.19. The summed E-state index contributed by atoms with van der Waals surface area (Å²) < 4.78 is 17.6. The molecule has 3 rings (SSSR count). The lowest BCUT2D eigenvalue weighted by Crippen LogP contribution is -2.28. The van der Waals surface area contributed by atoms with Gasteiger partial charge in [-0.1, -0.05) is 64.7 Å². The molecule has 0 fully saturated rings. The van der Waals surface area contributed by atoms with E-state index in [-0.39, 0.29) is 6.03 Å². The van der Waals surface area contributed by atoms with Crippen LogP contribution in [0.4, 0.5) is 22.1 Å². The average Bonchev–Trinajstić information content (AvgIpc) is 2.93. The van der Waals surface area contributed by atoms with Gasteiger partial charge in [0, 0.05) is 24.4 Å². The molecule has 2 heterocycles. The number of fused-ring (bicyclic) bond motifs is 1. The molecule has 0 spiro atoms. The van der Waals surface area contributed by atoms with Crippen molar-refractivity contribution in [2.45, 2.75) is 58.3 Å². The molecule has 0 saturated heterocycles. The smallest absolute Gasteiger partial charge is 0.332 e. The number of amides is 2. The second kappa shape index (κ2) is 15.1. The Morgan fingerprint density at radius 2 is 1.53 bits per heavy atom. The minimum atomic E-state index is -0.331. The van der Waals surface area contributed by atoms with Crippen LogP contribution in [-0.2, 0) is 0 Å². The summed E-state index contributed by atoms with van der Waals surface area (Å²) in [6.45, 7) is 2.79. The number of urea groups is 1. The quantitative estimate of drug-likeness (QED) is 0.145. The lowest BCUT2D eigenvalue weighted by molar-refractivity contribution is 0.238. The zero-order chi connectivity index (χ0) is 27.3. The summed E-state index contributed by atoms with van der Waals surface area (Å²) in [6.07, 6.45) is 11.2. The van der Waals surface area contributed by atoms with E-state index in [0.717, 1.165) is 12.8 Å². The number of pyridine rings is 1. The van der Waals surface area contributed by atoms with E-state index in [0.29, 0.717) is 52.3 Å². The number of hydrogen-bond acceptors (Lipinski definition) is 9. The van der Waals surface area contributed by atoms with Crippen LogP contribution in [0.3, 0.4) is 0 Å². The number of ether oxygens (including phenoxy) is 3. The first-order chi connectivity index (χ1) is 18.5. The molecular formula is C27H38N6O4S. The Morgan fingerprint density at radius 1 is 0.895 bits per heavy atom. The van der Waals surface area contributed by atoms with Crippen LogP contribution in [0.2, 0.25) is 0 Å². The summed E-state index contributed by atoms with van der Waals surface area (Å²) in [4.78, 5) is 26.0. The zero-order valence-electron chi connectivity index (χ0n) is 22.6. The molecular weight excluding hydrogens is 504 g/mol. The largest absolute Gasteiger partial charge is 0.493 e. The third-order valence-electron chi connectivity index (χ3n) is 6.04. The number of nitrogens with zero attached hydrogens (tertiary/aromatic N) is 4. The number of anilines is 3. The summed E-state index contributed by atoms with van der Waals surface area (Å²) in [5, 5.41) is 5.97. The van der Waals surface area contributed by atoms with E-state index in [1.165, 1.54) is 42.8 Å². The van der Waals surface area contributed by atoms with Crippen molar-refractivity contribution in [2.24, 2.45) is 0 Å². The van der Waals surface area contributed by atoms with Crippen molar-refractivity contribution in [1.82, 2.24) is 19.3 Å². The Morgan fingerprint density at radius 3 is 2.16 bits per heavy atom. The van der Waals surface area contributed by atoms with Crippen molar-refractivity contribution < 1.29 is 19.0 Å². The third-order valence-corrected chi connectivity index (χ3v) is 6.42. The van der Waals surface area contributed by atoms with Crippen LogP contribution in [0.1, 0.15) is 58.3 Å². The highest BCUT2D eigenvalue weighted by molar-refractivity contribution is 7.78. The molecule has 0 atom stereocenters. The van der Waals surface area contributed by atoms with Gasteiger partial charge in [0.15, 0.2) is 23.0 Å². The minimum Gasteiger partial charge on any atom is -0.493 e. The van der Waals surface area contributed by atoms with E-state index >= 15 is 0 Å². The van der Waals surface area contributed by atoms with Gasteiger partial charge in [-0.05, 0) is 18.6 Å². The summed E-state index contributed by atoms with van der Waals surface area (Å²) in [7, 11) is 4.66. The van der Waals surface area contributed by atoms with E-state index in [1.807, 2.05) is 0 Å². The van der Waals surface area contributed by atoms with Gasteiger partial charge in [-0.3, -0.25) is 9.62 Å². The lowest BCUT2D eigenvalue weighted by atomic mass is 10.1. The normalized spacial score (nSPS) is 10.8. The highest BCUT2D eigenvalue weighted by atomic mass is 32.1. The lowest BCUT2D eigenvalue weighted by Gasteiger charge is -2.16. The molecule has 0 aliphatic carbocycles. The third kappa shape index (κ3) is 8.27. The first-order valence-corrected chi connectivity index (χ1v) is 13.4. The summed E-state index contributed by atoms with van der Waals surface area (Å²) >= 11 is 4.34. The fourth-order valence-electron chi connectivity index (χ4n) is 4.00. The van der Waals surface area contributed by atoms with E-state index < -0.39 is 0 Å². The molecule has 206 valence electrons. The van der Waals surface area contributed by atoms with Gasteiger partial charge >= 0.3 is 6.03 Å². The fraction of sp³-hybridized carbons (Fsp3) is 0.481. The molecule has 0 radical (unpaired) electrons. The maximum Gasteiger partial charge on any atom is 0.332 e. The second-order valence-corrected chi connectivity index (χ2v) is 9.34. The summed E-state index contributed by atoms with van der Waals surface area (Å²) in [5.74, 6) is 2.35. The van der Waals surface area contributed by atoms with Gasteiger partial charge in [-0.2, -0.15) is 0 Å². The Labute approximate surface area is 230 Å². The number of methoxy groups -OCH3 is 3. The van der Waals surface area contributed by atoms with Gasteiger partial charge < -0.3 is 19.5 Å². The van der Waals surface area contributed by atoms with Crippen molar-refractivity contribution in [3.8, 4) is 17.2 Å². The predicted octanol–water partition coefficient (Wildman–Crippen LogP) is 6.61. The van der Waals surface area contributed by atoms with Crippen LogP contribution in [-0.4, -0.2) is 53.2 Å². The minimum absolute atomic E-state index is 0.331. The molecule has 38 heavy (non-hydrogen) atoms. The zero-order valence-corrected chi connectivity index (χ0v) is 23.5. The summed E-state index contributed by atoms with van der Waals surface area (Å²) in [6, 6.07) is 6.66. The Hall–Kier alpha value is -3.47. The van der Waals surface area contributed by atoms with E-state index in [4.69, 9.17) is 14.2 Å². The van der Waals surface area contributed by atoms with Crippen molar-refractivity contribution >= 4 is 47.3 Å². The van der Waals surface area contributed by atoms with Crippen molar-refractivity contribution in [1.29, 1.82) is 0 Å². The second-order valence-electron chi connectivity index (χ2n) is 8.86. The number of rotatable bonds is 15. The highest BCUT2D eigenvalue weighted by Crippen LogP contribution is 2.40. The molecule has 0 aliphatic rings. The van der Waals surface area contributed by atoms with Crippen molar-refractivity contribution in [3.63, 3.8) is 0 Å². The number of carbonyl (C=O) groups is 1. The molecule has 0 unspecified atom stereocenters. The molecule has 0 saturated carbocycles. The van der Waals surface area contributed by atoms with Crippen molar-refractivity contribution in [3.05, 3.63) is 30.5 Å². The number of unbranched alkanes of at least 4 members (excludes halogenated alkanes) is 7. The first kappa shape index (κ1) is 29.1. The molecule has 3 aromatic rings. The predicted molar refractivity (Wildman–Crippen MR) is 154 cm³/mol. The molecule has 10 nitrogen and oxygen atoms in total. The molecule has 0 bridgehead atoms. The maximum atomic E-state index is 12.6. The van der Waals surface area contributed by atoms with Gasteiger partial charge in [0.1, 0.15) is 11.3 Å². The van der Waals surface area contributed by atoms with Gasteiger partial charge in [-0.25, -0.2) is 19.7 Å². The number of nitrogens with one attached hydrogen (secondary N) is 2. The molecule has 2 aromatic heterocycles. The number of thiol groups is 1. The van der Waals surface area contributed by atoms with E-state index in [9.17, 15) is 4.79 Å². The highest BCUT2D eigenvalue weighted by Gasteiger charge is 2.15. The number of benzene rings is 1. The molecule has 0 aliphatic heterocycles. The Kier molecular flexibility index (Phi) is 11.5. The van der Waals surface area contributed by atoms with Crippen molar-refractivity contribution in [2.75, 3.05) is 38.5 Å². The van der Waals surface area contributed by atoms with Gasteiger partial charge in [0.2, 0.25) is 5.75 Å². The van der Waals surface area contributed by atoms with Crippen LogP contribution in [0.5, 0.6) is 17.2 Å². The average molecular weight is 543 g/mol. The summed E-state index contributed by atoms with van der Waals surface area (Å²) in [5.41, 5.74) is 1.65. The Bertz CT molecular complexity index is 1170. The number of hydrogen-bond donors (Lipinski definition) is 3. The van der Waals surface area contributed by atoms with E-state index in [1.54, 1.807) is 51.8 Å². The molecule has 2 amide bonds. The van der Waals surface area contributed by atoms with Crippen LogP contribution >= 0.6 is 12.8 Å². The van der Waals surface area contributed by atoms with Crippen LogP contribution in [0.25, 0.3) is 11.2 Å². The molecule has 1 aromatic carbocycles. The molecule has 2 N–H and O–H groups in total. The molecule has 11 heteroatoms. The number of aromatic nitrogens is 3. The van der Waals surface area contributed by atoms with Gasteiger partial charge in [0.25, 0.3) is 0 Å². The van der Waals surface area contributed by atoms with Crippen LogP contribution in [0.15, 0.2) is 30.5 Å². The van der Waals surface area contributed by atoms with E-state index in [2.05, 4.69) is 45.3 Å². The van der Waals surface area contributed by atoms with Gasteiger partial charge in [-0.15, -0.1) is 0 Å². The monoisotopic (exact) mass is 542 g/mol. The number of carbonyl (C=O) groups excluding carboxylic acids is 1. The first-order valence-electron chi connectivity index (χ1n) is 13.0. The van der Waals surface area contributed by atoms with Crippen LogP contribution in [0, 0.1) is 0 Å². The Balaban J connectivity index is 1.59. The topological polar surface area (TPSA) is 111 Å². The van der Waals surface area contributed by atoms with Crippen LogP contribution < -0.4 is 24.8 Å². The SMILES string of the molecule is CCCCCCCCCCN(S)C(=O)Nc1ccc2ncc(Nc3cc(OC)c(OC)c(OC)c3)nc2n1. The standard InChI is InChI=1S/C27H38N6O4S/c1-5-6-7-8-9-10-11-12-15-33(38)27(34)32-23-14-13-20-26(30-23)31-24(18-28-20)29-19-16-21(35-2)25(37-4)22(17-19)36-3/h13-14,16-18,38H,5-12,15H2,1-4H3,(H2,29,30,31,32,34). The maximum absolute atomic E-state index is 12.6.